The molecule has 0 atom stereocenters. The summed E-state index contributed by atoms with van der Waals surface area (Å²) in [5.74, 6) is -0.424. The molecule has 0 aliphatic rings. The smallest absolute Gasteiger partial charge is 0.338 e. The topological polar surface area (TPSA) is 79.5 Å². The Labute approximate surface area is 141 Å². The number of ether oxygens (including phenoxy) is 1. The van der Waals surface area contributed by atoms with E-state index in [0.29, 0.717) is 30.1 Å². The summed E-state index contributed by atoms with van der Waals surface area (Å²) in [6.07, 6.45) is 0. The summed E-state index contributed by atoms with van der Waals surface area (Å²) in [7, 11) is 0. The van der Waals surface area contributed by atoms with Gasteiger partial charge < -0.3 is 20.7 Å². The summed E-state index contributed by atoms with van der Waals surface area (Å²) < 4.78 is 5.00. The Hall–Kier alpha value is -3.02. The van der Waals surface area contributed by atoms with Crippen LogP contribution in [0.5, 0.6) is 0 Å². The van der Waals surface area contributed by atoms with Crippen LogP contribution in [0.3, 0.4) is 0 Å². The molecular formula is C18H21N3O3. The number of esters is 1. The lowest BCUT2D eigenvalue weighted by Crippen LogP contribution is -2.20. The molecule has 6 nitrogen and oxygen atoms in total. The molecule has 0 unspecified atom stereocenters. The number of nitrogens with one attached hydrogen (secondary N) is 3. The first-order valence-corrected chi connectivity index (χ1v) is 7.82. The lowest BCUT2D eigenvalue weighted by Gasteiger charge is -2.14. The van der Waals surface area contributed by atoms with Gasteiger partial charge in [0, 0.05) is 12.2 Å². The Morgan fingerprint density at radius 2 is 1.71 bits per heavy atom. The molecule has 0 heterocycles. The maximum absolute atomic E-state index is 12.2. The van der Waals surface area contributed by atoms with Gasteiger partial charge in [-0.3, -0.25) is 0 Å². The van der Waals surface area contributed by atoms with Crippen LogP contribution >= 0.6 is 0 Å². The summed E-state index contributed by atoms with van der Waals surface area (Å²) in [5.41, 5.74) is 2.31. The van der Waals surface area contributed by atoms with E-state index in [9.17, 15) is 9.59 Å². The van der Waals surface area contributed by atoms with Gasteiger partial charge in [0.2, 0.25) is 0 Å². The van der Waals surface area contributed by atoms with E-state index in [0.717, 1.165) is 5.69 Å². The van der Waals surface area contributed by atoms with E-state index in [1.807, 2.05) is 25.1 Å². The van der Waals surface area contributed by atoms with Crippen molar-refractivity contribution in [3.05, 3.63) is 54.1 Å². The molecule has 0 bridgehead atoms. The van der Waals surface area contributed by atoms with Gasteiger partial charge >= 0.3 is 12.0 Å². The molecule has 6 heteroatoms. The molecule has 2 aromatic rings. The average Bonchev–Trinajstić information content (AvgIpc) is 2.57. The number of urea groups is 1. The van der Waals surface area contributed by atoms with Gasteiger partial charge in [-0.15, -0.1) is 0 Å². The van der Waals surface area contributed by atoms with Crippen molar-refractivity contribution >= 4 is 29.1 Å². The number of amides is 2. The van der Waals surface area contributed by atoms with Crippen molar-refractivity contribution in [3.63, 3.8) is 0 Å². The number of anilines is 3. The molecule has 24 heavy (non-hydrogen) atoms. The van der Waals surface area contributed by atoms with E-state index < -0.39 is 5.97 Å². The third kappa shape index (κ3) is 4.74. The number of hydrogen-bond donors (Lipinski definition) is 3. The van der Waals surface area contributed by atoms with E-state index in [1.165, 1.54) is 0 Å². The van der Waals surface area contributed by atoms with E-state index >= 15 is 0 Å². The fourth-order valence-electron chi connectivity index (χ4n) is 2.14. The first-order valence-electron chi connectivity index (χ1n) is 7.82. The Kier molecular flexibility index (Phi) is 6.19. The van der Waals surface area contributed by atoms with Gasteiger partial charge in [-0.2, -0.15) is 0 Å². The Morgan fingerprint density at radius 3 is 2.38 bits per heavy atom. The second kappa shape index (κ2) is 8.57. The molecule has 0 spiro atoms. The molecule has 0 aliphatic heterocycles. The predicted molar refractivity (Wildman–Crippen MR) is 95.6 cm³/mol. The van der Waals surface area contributed by atoms with Crippen molar-refractivity contribution in [1.29, 1.82) is 0 Å². The summed E-state index contributed by atoms with van der Waals surface area (Å²) in [6.45, 7) is 4.68. The van der Waals surface area contributed by atoms with Gasteiger partial charge in [0.1, 0.15) is 0 Å². The summed E-state index contributed by atoms with van der Waals surface area (Å²) in [5, 5.41) is 8.65. The highest BCUT2D eigenvalue weighted by Crippen LogP contribution is 2.24. The highest BCUT2D eigenvalue weighted by molar-refractivity contribution is 6.03. The van der Waals surface area contributed by atoms with Crippen LogP contribution in [-0.2, 0) is 4.74 Å². The minimum Gasteiger partial charge on any atom is -0.462 e. The second-order valence-electron chi connectivity index (χ2n) is 4.96. The van der Waals surface area contributed by atoms with Crippen molar-refractivity contribution < 1.29 is 14.3 Å². The maximum Gasteiger partial charge on any atom is 0.338 e. The highest BCUT2D eigenvalue weighted by Gasteiger charge is 2.12. The quantitative estimate of drug-likeness (QED) is 0.702. The van der Waals surface area contributed by atoms with Gasteiger partial charge in [-0.1, -0.05) is 18.2 Å². The van der Waals surface area contributed by atoms with Gasteiger partial charge in [0.05, 0.1) is 23.5 Å². The van der Waals surface area contributed by atoms with Crippen LogP contribution in [0.4, 0.5) is 21.9 Å². The molecule has 126 valence electrons. The first-order chi connectivity index (χ1) is 11.6. The summed E-state index contributed by atoms with van der Waals surface area (Å²) in [6, 6.07) is 13.7. The van der Waals surface area contributed by atoms with Crippen molar-refractivity contribution in [3.8, 4) is 0 Å². The van der Waals surface area contributed by atoms with E-state index in [1.54, 1.807) is 37.3 Å². The molecule has 0 saturated carbocycles. The van der Waals surface area contributed by atoms with Crippen LogP contribution in [0.1, 0.15) is 24.2 Å². The monoisotopic (exact) mass is 327 g/mol. The lowest BCUT2D eigenvalue weighted by molar-refractivity contribution is 0.0526. The Bertz CT molecular complexity index is 702. The van der Waals surface area contributed by atoms with E-state index in [-0.39, 0.29) is 6.03 Å². The summed E-state index contributed by atoms with van der Waals surface area (Å²) >= 11 is 0. The van der Waals surface area contributed by atoms with Crippen LogP contribution in [0.2, 0.25) is 0 Å². The van der Waals surface area contributed by atoms with Gasteiger partial charge in [-0.05, 0) is 44.2 Å². The van der Waals surface area contributed by atoms with Crippen LogP contribution < -0.4 is 16.0 Å². The van der Waals surface area contributed by atoms with Gasteiger partial charge in [0.25, 0.3) is 0 Å². The van der Waals surface area contributed by atoms with Gasteiger partial charge in [-0.25, -0.2) is 9.59 Å². The number of para-hydroxylation sites is 1. The third-order valence-electron chi connectivity index (χ3n) is 3.18. The van der Waals surface area contributed by atoms with Crippen molar-refractivity contribution in [2.45, 2.75) is 13.8 Å². The number of carbonyl (C=O) groups excluding carboxylic acids is 2. The van der Waals surface area contributed by atoms with Crippen LogP contribution in [0.15, 0.2) is 48.5 Å². The highest BCUT2D eigenvalue weighted by atomic mass is 16.5. The maximum atomic E-state index is 12.2. The Balaban J connectivity index is 2.17. The molecule has 3 N–H and O–H groups in total. The first kappa shape index (κ1) is 17.3. The van der Waals surface area contributed by atoms with Crippen LogP contribution in [-0.4, -0.2) is 25.2 Å². The van der Waals surface area contributed by atoms with E-state index in [2.05, 4.69) is 16.0 Å². The normalized spacial score (nSPS) is 9.92. The number of benzene rings is 2. The molecule has 0 saturated heterocycles. The largest absolute Gasteiger partial charge is 0.462 e. The average molecular weight is 327 g/mol. The number of hydrogen-bond acceptors (Lipinski definition) is 4. The summed E-state index contributed by atoms with van der Waals surface area (Å²) in [4.78, 5) is 24.1. The molecule has 0 aromatic heterocycles. The molecule has 0 aliphatic carbocycles. The Morgan fingerprint density at radius 1 is 0.958 bits per heavy atom. The molecule has 2 amide bonds. The van der Waals surface area contributed by atoms with Crippen LogP contribution in [0.25, 0.3) is 0 Å². The molecule has 2 aromatic carbocycles. The molecule has 2 rings (SSSR count). The fourth-order valence-corrected chi connectivity index (χ4v) is 2.14. The number of carbonyl (C=O) groups is 2. The van der Waals surface area contributed by atoms with E-state index in [4.69, 9.17) is 4.74 Å². The lowest BCUT2D eigenvalue weighted by atomic mass is 10.1. The fraction of sp³-hybridized carbons (Fsp3) is 0.222. The van der Waals surface area contributed by atoms with Crippen molar-refractivity contribution in [1.82, 2.24) is 0 Å². The zero-order valence-electron chi connectivity index (χ0n) is 13.8. The molecule has 0 radical (unpaired) electrons. The third-order valence-corrected chi connectivity index (χ3v) is 3.18. The molecule has 0 fully saturated rings. The standard InChI is InChI=1S/C18H21N3O3/c1-3-19-15-11-10-13(17(22)24-4-2)12-16(15)21-18(23)20-14-8-6-5-7-9-14/h5-12,19H,3-4H2,1-2H3,(H2,20,21,23). The minimum atomic E-state index is -0.424. The SMILES string of the molecule is CCNc1ccc(C(=O)OCC)cc1NC(=O)Nc1ccccc1. The zero-order valence-corrected chi connectivity index (χ0v) is 13.8. The number of rotatable bonds is 6. The zero-order chi connectivity index (χ0) is 17.4. The minimum absolute atomic E-state index is 0.297. The van der Waals surface area contributed by atoms with Gasteiger partial charge in [0.15, 0.2) is 0 Å². The predicted octanol–water partition coefficient (Wildman–Crippen LogP) is 3.94. The van der Waals surface area contributed by atoms with Crippen molar-refractivity contribution in [2.75, 3.05) is 29.1 Å². The van der Waals surface area contributed by atoms with Crippen molar-refractivity contribution in [2.24, 2.45) is 0 Å². The van der Waals surface area contributed by atoms with Crippen LogP contribution in [0, 0.1) is 0 Å². The molecular weight excluding hydrogens is 306 g/mol. The second-order valence-corrected chi connectivity index (χ2v) is 4.96.